The van der Waals surface area contributed by atoms with E-state index in [1.807, 2.05) is 6.07 Å². The number of pyridine rings is 1. The Kier molecular flexibility index (Phi) is 5.10. The molecule has 0 aromatic carbocycles. The smallest absolute Gasteiger partial charge is 0.233 e. The molecular formula is C10H12N4O2S. The van der Waals surface area contributed by atoms with E-state index in [9.17, 15) is 9.00 Å². The monoisotopic (exact) mass is 252 g/mol. The lowest BCUT2D eigenvalue weighted by atomic mass is 10.4. The minimum Gasteiger partial charge on any atom is -0.396 e. The van der Waals surface area contributed by atoms with Crippen LogP contribution < -0.4 is 11.1 Å². The molecule has 1 heterocycles. The molecule has 1 atom stereocenters. The van der Waals surface area contributed by atoms with Gasteiger partial charge in [-0.1, -0.05) is 0 Å². The molecule has 1 rings (SSSR count). The Balaban J connectivity index is 2.53. The van der Waals surface area contributed by atoms with Gasteiger partial charge < -0.3 is 11.1 Å². The van der Waals surface area contributed by atoms with E-state index < -0.39 is 10.8 Å². The van der Waals surface area contributed by atoms with Gasteiger partial charge in [0, 0.05) is 12.7 Å². The molecule has 0 bridgehead atoms. The molecule has 17 heavy (non-hydrogen) atoms. The molecule has 0 radical (unpaired) electrons. The van der Waals surface area contributed by atoms with Crippen LogP contribution in [0.25, 0.3) is 0 Å². The van der Waals surface area contributed by atoms with Crippen molar-refractivity contribution in [3.05, 3.63) is 18.5 Å². The maximum absolute atomic E-state index is 11.8. The van der Waals surface area contributed by atoms with Crippen molar-refractivity contribution in [2.75, 3.05) is 18.0 Å². The number of nitrogens with one attached hydrogen (secondary N) is 1. The highest BCUT2D eigenvalue weighted by atomic mass is 32.2. The van der Waals surface area contributed by atoms with E-state index in [4.69, 9.17) is 11.0 Å². The summed E-state index contributed by atoms with van der Waals surface area (Å²) >= 11 is 0. The van der Waals surface area contributed by atoms with Crippen molar-refractivity contribution < 1.29 is 9.00 Å². The number of carbonyl (C=O) groups excluding carboxylic acids is 1. The summed E-state index contributed by atoms with van der Waals surface area (Å²) in [7, 11) is -1.49. The Hall–Kier alpha value is -1.94. The standard InChI is InChI=1S/C10H12N4O2S/c11-3-1-4-14-10(15)7-17(16)9-2-5-13-6-8(9)12/h2,5-6H,1,4,7,12H2,(H,14,15). The molecule has 1 unspecified atom stereocenters. The van der Waals surface area contributed by atoms with Crippen LogP contribution in [0.5, 0.6) is 0 Å². The molecule has 0 aliphatic rings. The van der Waals surface area contributed by atoms with Crippen LogP contribution in [0.4, 0.5) is 5.69 Å². The maximum Gasteiger partial charge on any atom is 0.233 e. The summed E-state index contributed by atoms with van der Waals surface area (Å²) in [6, 6.07) is 3.42. The first-order valence-electron chi connectivity index (χ1n) is 4.86. The Morgan fingerprint density at radius 2 is 2.41 bits per heavy atom. The van der Waals surface area contributed by atoms with Crippen molar-refractivity contribution in [2.45, 2.75) is 11.3 Å². The molecule has 0 aliphatic heterocycles. The van der Waals surface area contributed by atoms with Gasteiger partial charge in [-0.2, -0.15) is 5.26 Å². The fraction of sp³-hybridized carbons (Fsp3) is 0.300. The van der Waals surface area contributed by atoms with Gasteiger partial charge in [0.25, 0.3) is 0 Å². The second kappa shape index (κ2) is 6.60. The number of nitrogen functional groups attached to an aromatic ring is 1. The zero-order valence-corrected chi connectivity index (χ0v) is 9.87. The Morgan fingerprint density at radius 1 is 1.65 bits per heavy atom. The quantitative estimate of drug-likeness (QED) is 0.705. The maximum atomic E-state index is 11.8. The van der Waals surface area contributed by atoms with Crippen LogP contribution >= 0.6 is 0 Å². The molecule has 1 aromatic heterocycles. The first-order valence-corrected chi connectivity index (χ1v) is 6.18. The molecule has 0 aliphatic carbocycles. The van der Waals surface area contributed by atoms with Crippen LogP contribution in [-0.2, 0) is 15.6 Å². The molecule has 6 nitrogen and oxygen atoms in total. The number of nitriles is 1. The highest BCUT2D eigenvalue weighted by Crippen LogP contribution is 2.13. The average Bonchev–Trinajstić information content (AvgIpc) is 2.29. The lowest BCUT2D eigenvalue weighted by molar-refractivity contribution is -0.118. The largest absolute Gasteiger partial charge is 0.396 e. The fourth-order valence-electron chi connectivity index (χ4n) is 1.11. The van der Waals surface area contributed by atoms with Gasteiger partial charge in [0.2, 0.25) is 5.91 Å². The highest BCUT2D eigenvalue weighted by molar-refractivity contribution is 7.86. The molecule has 1 aromatic rings. The summed E-state index contributed by atoms with van der Waals surface area (Å²) in [6.45, 7) is 0.262. The van der Waals surface area contributed by atoms with E-state index in [-0.39, 0.29) is 24.6 Å². The summed E-state index contributed by atoms with van der Waals surface area (Å²) in [4.78, 5) is 15.5. The minimum atomic E-state index is -1.49. The number of nitrogens with two attached hydrogens (primary N) is 1. The van der Waals surface area contributed by atoms with Crippen LogP contribution in [-0.4, -0.2) is 27.4 Å². The number of carbonyl (C=O) groups is 1. The Bertz CT molecular complexity index is 470. The second-order valence-electron chi connectivity index (χ2n) is 3.16. The molecule has 0 saturated carbocycles. The van der Waals surface area contributed by atoms with Gasteiger partial charge in [0.1, 0.15) is 5.75 Å². The van der Waals surface area contributed by atoms with E-state index in [1.54, 1.807) is 0 Å². The van der Waals surface area contributed by atoms with Crippen LogP contribution in [0, 0.1) is 11.3 Å². The summed E-state index contributed by atoms with van der Waals surface area (Å²) in [6.07, 6.45) is 3.09. The van der Waals surface area contributed by atoms with Crippen LogP contribution in [0.1, 0.15) is 6.42 Å². The Morgan fingerprint density at radius 3 is 3.06 bits per heavy atom. The molecule has 90 valence electrons. The predicted molar refractivity (Wildman–Crippen MR) is 63.2 cm³/mol. The lowest BCUT2D eigenvalue weighted by Gasteiger charge is -2.05. The van der Waals surface area contributed by atoms with Gasteiger partial charge in [-0.3, -0.25) is 14.0 Å². The highest BCUT2D eigenvalue weighted by Gasteiger charge is 2.12. The van der Waals surface area contributed by atoms with E-state index >= 15 is 0 Å². The zero-order valence-electron chi connectivity index (χ0n) is 9.05. The number of rotatable bonds is 5. The summed E-state index contributed by atoms with van der Waals surface area (Å²) in [5, 5.41) is 10.8. The van der Waals surface area contributed by atoms with Crippen molar-refractivity contribution >= 4 is 22.4 Å². The number of hydrogen-bond acceptors (Lipinski definition) is 5. The van der Waals surface area contributed by atoms with Crippen molar-refractivity contribution in [3.8, 4) is 6.07 Å². The zero-order chi connectivity index (χ0) is 12.7. The molecule has 7 heteroatoms. The SMILES string of the molecule is N#CCCNC(=O)CS(=O)c1ccncc1N. The minimum absolute atomic E-state index is 0.167. The molecule has 1 amide bonds. The van der Waals surface area contributed by atoms with Crippen LogP contribution in [0.15, 0.2) is 23.4 Å². The topological polar surface area (TPSA) is 109 Å². The second-order valence-corrected chi connectivity index (χ2v) is 4.58. The summed E-state index contributed by atoms with van der Waals surface area (Å²) in [5.74, 6) is -0.533. The van der Waals surface area contributed by atoms with Crippen LogP contribution in [0.3, 0.4) is 0 Å². The van der Waals surface area contributed by atoms with Gasteiger partial charge >= 0.3 is 0 Å². The molecule has 3 N–H and O–H groups in total. The van der Waals surface area contributed by atoms with E-state index in [2.05, 4.69) is 10.3 Å². The molecule has 0 saturated heterocycles. The fourth-order valence-corrected chi connectivity index (χ4v) is 2.13. The summed E-state index contributed by atoms with van der Waals surface area (Å²) in [5.41, 5.74) is 5.89. The van der Waals surface area contributed by atoms with Crippen molar-refractivity contribution in [3.63, 3.8) is 0 Å². The normalized spacial score (nSPS) is 11.5. The lowest BCUT2D eigenvalue weighted by Crippen LogP contribution is -2.29. The summed E-state index contributed by atoms with van der Waals surface area (Å²) < 4.78 is 11.8. The van der Waals surface area contributed by atoms with Gasteiger partial charge in [-0.25, -0.2) is 0 Å². The number of amides is 1. The number of nitrogens with zero attached hydrogens (tertiary/aromatic N) is 2. The van der Waals surface area contributed by atoms with Crippen molar-refractivity contribution in [2.24, 2.45) is 0 Å². The number of hydrogen-bond donors (Lipinski definition) is 2. The first kappa shape index (κ1) is 13.1. The van der Waals surface area contributed by atoms with Gasteiger partial charge in [0.15, 0.2) is 0 Å². The van der Waals surface area contributed by atoms with E-state index in [1.165, 1.54) is 18.5 Å². The van der Waals surface area contributed by atoms with Gasteiger partial charge in [-0.15, -0.1) is 0 Å². The van der Waals surface area contributed by atoms with Crippen molar-refractivity contribution in [1.82, 2.24) is 10.3 Å². The Labute approximate surface area is 101 Å². The van der Waals surface area contributed by atoms with Crippen LogP contribution in [0.2, 0.25) is 0 Å². The van der Waals surface area contributed by atoms with Crippen molar-refractivity contribution in [1.29, 1.82) is 5.26 Å². The predicted octanol–water partition coefficient (Wildman–Crippen LogP) is -0.199. The molecule has 0 spiro atoms. The average molecular weight is 252 g/mol. The van der Waals surface area contributed by atoms with Gasteiger partial charge in [0.05, 0.1) is 40.1 Å². The van der Waals surface area contributed by atoms with Gasteiger partial charge in [-0.05, 0) is 6.07 Å². The van der Waals surface area contributed by atoms with E-state index in [0.717, 1.165) is 0 Å². The van der Waals surface area contributed by atoms with E-state index in [0.29, 0.717) is 10.6 Å². The third-order valence-electron chi connectivity index (χ3n) is 1.88. The molecule has 0 fully saturated rings. The third-order valence-corrected chi connectivity index (χ3v) is 3.26. The third kappa shape index (κ3) is 4.20. The molecular weight excluding hydrogens is 240 g/mol. The first-order chi connectivity index (χ1) is 8.15. The number of anilines is 1. The number of aromatic nitrogens is 1.